The molecule has 14 nitrogen and oxygen atoms in total. The zero-order valence-electron chi connectivity index (χ0n) is 12.8. The van der Waals surface area contributed by atoms with E-state index < -0.39 is 36.7 Å². The molecule has 4 atom stereocenters. The Kier molecular flexibility index (Phi) is 4.69. The van der Waals surface area contributed by atoms with Gasteiger partial charge in [0.1, 0.15) is 11.4 Å². The van der Waals surface area contributed by atoms with E-state index in [9.17, 15) is 9.90 Å². The van der Waals surface area contributed by atoms with Gasteiger partial charge in [-0.05, 0) is 5.53 Å². The minimum absolute atomic E-state index is 0.0360. The highest BCUT2D eigenvalue weighted by molar-refractivity contribution is 5.70. The molecule has 0 saturated carbocycles. The molecule has 1 aliphatic heterocycles. The number of aliphatic hydroxyl groups excluding tert-OH is 1. The Morgan fingerprint density at radius 2 is 2.40 bits per heavy atom. The van der Waals surface area contributed by atoms with Crippen molar-refractivity contribution in [1.82, 2.24) is 19.5 Å². The molecule has 0 aromatic carbocycles. The molecule has 0 amide bonds. The number of nitrogens with zero attached hydrogens (tertiary/aromatic N) is 6. The van der Waals surface area contributed by atoms with E-state index in [0.717, 1.165) is 0 Å². The predicted octanol–water partition coefficient (Wildman–Crippen LogP) is -0.851. The van der Waals surface area contributed by atoms with Gasteiger partial charge in [0, 0.05) is 4.91 Å². The summed E-state index contributed by atoms with van der Waals surface area (Å²) >= 11 is 0. The van der Waals surface area contributed by atoms with E-state index in [-0.39, 0.29) is 17.1 Å². The Morgan fingerprint density at radius 1 is 1.60 bits per heavy atom. The number of aromatic nitrogens is 4. The third kappa shape index (κ3) is 2.95. The molecular formula is C11H14N8O6. The Morgan fingerprint density at radius 3 is 3.08 bits per heavy atom. The molecule has 4 N–H and O–H groups in total. The minimum Gasteiger partial charge on any atom is -0.424 e. The Balaban J connectivity index is 2.05. The van der Waals surface area contributed by atoms with Crippen molar-refractivity contribution in [2.75, 3.05) is 19.5 Å². The smallest absolute Gasteiger partial charge is 0.280 e. The van der Waals surface area contributed by atoms with Gasteiger partial charge >= 0.3 is 0 Å². The second-order valence-electron chi connectivity index (χ2n) is 4.99. The van der Waals surface area contributed by atoms with Gasteiger partial charge < -0.3 is 20.4 Å². The van der Waals surface area contributed by atoms with Gasteiger partial charge in [0.15, 0.2) is 29.6 Å². The second-order valence-corrected chi connectivity index (χ2v) is 4.99. The number of imidazole rings is 1. The van der Waals surface area contributed by atoms with Crippen LogP contribution in [0.15, 0.2) is 16.4 Å². The van der Waals surface area contributed by atoms with Crippen LogP contribution in [-0.4, -0.2) is 56.7 Å². The second kappa shape index (κ2) is 6.92. The van der Waals surface area contributed by atoms with E-state index in [1.54, 1.807) is 0 Å². The van der Waals surface area contributed by atoms with Gasteiger partial charge in [-0.3, -0.25) is 14.3 Å². The molecule has 3 rings (SSSR count). The van der Waals surface area contributed by atoms with Gasteiger partial charge in [0.25, 0.3) is 5.56 Å². The molecular weight excluding hydrogens is 340 g/mol. The van der Waals surface area contributed by atoms with Crippen LogP contribution in [-0.2, 0) is 19.3 Å². The van der Waals surface area contributed by atoms with E-state index in [1.807, 2.05) is 0 Å². The van der Waals surface area contributed by atoms with Crippen LogP contribution in [0.25, 0.3) is 21.6 Å². The van der Waals surface area contributed by atoms with Gasteiger partial charge in [-0.2, -0.15) is 4.98 Å². The number of azide groups is 1. The fourth-order valence-electron chi connectivity index (χ4n) is 2.62. The molecule has 25 heavy (non-hydrogen) atoms. The molecule has 0 aliphatic carbocycles. The summed E-state index contributed by atoms with van der Waals surface area (Å²) in [6.07, 6.45) is -2.50. The highest BCUT2D eigenvalue weighted by Crippen LogP contribution is 2.35. The molecule has 1 fully saturated rings. The topological polar surface area (TPSA) is 196 Å². The zero-order valence-corrected chi connectivity index (χ0v) is 12.8. The number of nitrogen functional groups attached to an aromatic ring is 1. The third-order valence-corrected chi connectivity index (χ3v) is 3.60. The van der Waals surface area contributed by atoms with E-state index >= 15 is 0 Å². The fraction of sp³-hybridized carbons (Fsp3) is 0.545. The number of H-pyrrole nitrogens is 1. The number of aromatic amines is 1. The maximum atomic E-state index is 11.9. The van der Waals surface area contributed by atoms with Crippen molar-refractivity contribution < 1.29 is 24.5 Å². The Labute approximate surface area is 138 Å². The van der Waals surface area contributed by atoms with Gasteiger partial charge in [-0.25, -0.2) is 14.8 Å². The maximum absolute atomic E-state index is 11.9. The molecule has 0 spiro atoms. The van der Waals surface area contributed by atoms with Crippen LogP contribution in [0, 0.1) is 0 Å². The van der Waals surface area contributed by atoms with Crippen molar-refractivity contribution in [1.29, 1.82) is 0 Å². The van der Waals surface area contributed by atoms with E-state index in [1.165, 1.54) is 18.0 Å². The van der Waals surface area contributed by atoms with Gasteiger partial charge in [0.05, 0.1) is 20.0 Å². The van der Waals surface area contributed by atoms with Crippen LogP contribution in [0.3, 0.4) is 0 Å². The predicted molar refractivity (Wildman–Crippen MR) is 79.5 cm³/mol. The standard InChI is InChI=1S/C11H14N8O6/c1-22-25-7-6(24-18-17-13)4(2-20)23-10(7)19-3-14-5-8(19)15-11(12)16-9(5)21/h3-4,6-7,10,20H,2H2,1H3,(H3,12,15,16,21)/t4-,6+,7-,10-/m1/s1. The number of aliphatic hydroxyl groups is 1. The summed E-state index contributed by atoms with van der Waals surface area (Å²) in [5.74, 6) is -0.109. The molecule has 2 aromatic rings. The normalized spacial score (nSPS) is 25.8. The molecule has 14 heteroatoms. The number of ether oxygens (including phenoxy) is 1. The first-order valence-corrected chi connectivity index (χ1v) is 6.99. The van der Waals surface area contributed by atoms with Crippen LogP contribution < -0.4 is 11.3 Å². The lowest BCUT2D eigenvalue weighted by molar-refractivity contribution is -0.329. The van der Waals surface area contributed by atoms with Crippen molar-refractivity contribution in [2.45, 2.75) is 24.5 Å². The summed E-state index contributed by atoms with van der Waals surface area (Å²) in [7, 11) is 1.26. The van der Waals surface area contributed by atoms with Crippen LogP contribution >= 0.6 is 0 Å². The Bertz CT molecular complexity index is 860. The number of anilines is 1. The lowest BCUT2D eigenvalue weighted by Gasteiger charge is -2.21. The summed E-state index contributed by atoms with van der Waals surface area (Å²) in [4.78, 5) is 39.6. The average molecular weight is 354 g/mol. The highest BCUT2D eigenvalue weighted by atomic mass is 17.2. The molecule has 3 heterocycles. The first-order chi connectivity index (χ1) is 12.1. The first kappa shape index (κ1) is 16.9. The lowest BCUT2D eigenvalue weighted by Crippen LogP contribution is -2.36. The van der Waals surface area contributed by atoms with Crippen molar-refractivity contribution in [3.8, 4) is 0 Å². The summed E-state index contributed by atoms with van der Waals surface area (Å²) < 4.78 is 7.07. The maximum Gasteiger partial charge on any atom is 0.280 e. The van der Waals surface area contributed by atoms with Crippen LogP contribution in [0.4, 0.5) is 5.95 Å². The van der Waals surface area contributed by atoms with Gasteiger partial charge in [-0.15, -0.1) is 0 Å². The summed E-state index contributed by atoms with van der Waals surface area (Å²) in [5.41, 5.74) is 13.6. The van der Waals surface area contributed by atoms with Gasteiger partial charge in [-0.1, -0.05) is 0 Å². The SMILES string of the molecule is COO[C@@H]1[C@@H](ON=[N+]=[N-])[C@@H](CO)O[C@H]1n1cnc2c(=O)[nH]c(N)nc21. The highest BCUT2D eigenvalue weighted by Gasteiger charge is 2.49. The van der Waals surface area contributed by atoms with Crippen molar-refractivity contribution in [3.63, 3.8) is 0 Å². The number of rotatable bonds is 6. The fourth-order valence-corrected chi connectivity index (χ4v) is 2.62. The van der Waals surface area contributed by atoms with Gasteiger partial charge in [0.2, 0.25) is 5.95 Å². The van der Waals surface area contributed by atoms with Crippen molar-refractivity contribution >= 4 is 17.1 Å². The molecule has 134 valence electrons. The summed E-state index contributed by atoms with van der Waals surface area (Å²) in [6, 6.07) is 0. The number of hydrogen-bond acceptors (Lipinski definition) is 10. The van der Waals surface area contributed by atoms with E-state index in [0.29, 0.717) is 0 Å². The van der Waals surface area contributed by atoms with Crippen molar-refractivity contribution in [3.05, 3.63) is 27.1 Å². The van der Waals surface area contributed by atoms with Crippen LogP contribution in [0.5, 0.6) is 0 Å². The zero-order chi connectivity index (χ0) is 18.0. The molecule has 0 unspecified atom stereocenters. The molecule has 2 aromatic heterocycles. The first-order valence-electron chi connectivity index (χ1n) is 6.99. The number of hydrogen-bond donors (Lipinski definition) is 3. The third-order valence-electron chi connectivity index (χ3n) is 3.60. The van der Waals surface area contributed by atoms with E-state index in [4.69, 9.17) is 30.6 Å². The molecule has 1 aliphatic rings. The summed E-state index contributed by atoms with van der Waals surface area (Å²) in [6.45, 7) is -0.450. The number of nitrogens with one attached hydrogen (secondary N) is 1. The van der Waals surface area contributed by atoms with Crippen LogP contribution in [0.2, 0.25) is 0 Å². The molecule has 0 bridgehead atoms. The number of fused-ring (bicyclic) bond motifs is 1. The van der Waals surface area contributed by atoms with Crippen LogP contribution in [0.1, 0.15) is 6.23 Å². The van der Waals surface area contributed by atoms with E-state index in [2.05, 4.69) is 25.1 Å². The quantitative estimate of drug-likeness (QED) is 0.194. The molecule has 0 radical (unpaired) electrons. The Hall–Kier alpha value is -2.90. The lowest BCUT2D eigenvalue weighted by atomic mass is 10.1. The average Bonchev–Trinajstić information content (AvgIpc) is 3.14. The number of nitrogens with two attached hydrogens (primary N) is 1. The minimum atomic E-state index is -0.984. The summed E-state index contributed by atoms with van der Waals surface area (Å²) in [5, 5.41) is 12.5. The largest absolute Gasteiger partial charge is 0.424 e. The molecule has 1 saturated heterocycles. The monoisotopic (exact) mass is 354 g/mol. The van der Waals surface area contributed by atoms with Crippen molar-refractivity contribution in [2.24, 2.45) is 5.28 Å².